The maximum atomic E-state index is 14.3. The summed E-state index contributed by atoms with van der Waals surface area (Å²) in [6, 6.07) is 30.1. The van der Waals surface area contributed by atoms with Gasteiger partial charge in [-0.15, -0.1) is 0 Å². The average Bonchev–Trinajstić information content (AvgIpc) is 3.76. The lowest BCUT2D eigenvalue weighted by atomic mass is 9.89. The number of alkyl carbamates (subject to hydrolysis) is 1. The zero-order valence-electron chi connectivity index (χ0n) is 33.2. The Bertz CT molecular complexity index is 2080. The van der Waals surface area contributed by atoms with Gasteiger partial charge in [-0.05, 0) is 58.6 Å². The van der Waals surface area contributed by atoms with Crippen LogP contribution in [0.4, 0.5) is 4.79 Å². The van der Waals surface area contributed by atoms with Crippen molar-refractivity contribution in [1.29, 1.82) is 0 Å². The first-order valence-electron chi connectivity index (χ1n) is 20.2. The molecule has 12 nitrogen and oxygen atoms in total. The van der Waals surface area contributed by atoms with E-state index in [1.54, 1.807) is 11.1 Å². The molecule has 12 heteroatoms. The number of rotatable bonds is 17. The smallest absolute Gasteiger partial charge is 0.408 e. The van der Waals surface area contributed by atoms with Gasteiger partial charge in [-0.25, -0.2) is 9.78 Å². The highest BCUT2D eigenvalue weighted by atomic mass is 16.5. The molecule has 0 bridgehead atoms. The number of piperidine rings is 1. The molecule has 2 heterocycles. The Balaban J connectivity index is 1.16. The Morgan fingerprint density at radius 1 is 0.810 bits per heavy atom. The van der Waals surface area contributed by atoms with E-state index in [9.17, 15) is 24.3 Å². The third kappa shape index (κ3) is 11.8. The molecule has 0 spiro atoms. The van der Waals surface area contributed by atoms with Crippen LogP contribution in [-0.4, -0.2) is 81.1 Å². The highest BCUT2D eigenvalue weighted by molar-refractivity contribution is 5.93. The number of hydrogen-bond donors (Lipinski definition) is 5. The maximum absolute atomic E-state index is 14.3. The molecule has 0 aliphatic carbocycles. The van der Waals surface area contributed by atoms with E-state index in [0.29, 0.717) is 31.1 Å². The number of aliphatic hydroxyl groups is 1. The lowest BCUT2D eigenvalue weighted by Gasteiger charge is -2.34. The van der Waals surface area contributed by atoms with Gasteiger partial charge >= 0.3 is 6.09 Å². The van der Waals surface area contributed by atoms with Crippen LogP contribution in [0.1, 0.15) is 67.8 Å². The Labute approximate surface area is 339 Å². The minimum Gasteiger partial charge on any atom is -0.445 e. The van der Waals surface area contributed by atoms with E-state index in [1.165, 1.54) is 11.9 Å². The molecule has 1 aromatic heterocycles. The van der Waals surface area contributed by atoms with Gasteiger partial charge in [0.2, 0.25) is 17.7 Å². The number of hydrogen-bond acceptors (Lipinski definition) is 7. The van der Waals surface area contributed by atoms with Gasteiger partial charge in [-0.3, -0.25) is 14.4 Å². The van der Waals surface area contributed by atoms with Gasteiger partial charge in [-0.1, -0.05) is 117 Å². The van der Waals surface area contributed by atoms with Gasteiger partial charge < -0.3 is 35.7 Å². The number of aromatic amines is 1. The number of aliphatic hydroxyl groups excluding tert-OH is 1. The second-order valence-corrected chi connectivity index (χ2v) is 15.5. The molecule has 1 aliphatic rings. The first kappa shape index (κ1) is 41.6. The predicted octanol–water partition coefficient (Wildman–Crippen LogP) is 5.82. The van der Waals surface area contributed by atoms with E-state index in [-0.39, 0.29) is 37.7 Å². The van der Waals surface area contributed by atoms with Gasteiger partial charge in [0.05, 0.1) is 24.9 Å². The lowest BCUT2D eigenvalue weighted by Crippen LogP contribution is -2.57. The summed E-state index contributed by atoms with van der Waals surface area (Å²) < 4.78 is 5.51. The molecule has 0 saturated carbocycles. The highest BCUT2D eigenvalue weighted by Crippen LogP contribution is 2.28. The number of amides is 4. The molecule has 5 aromatic rings. The minimum absolute atomic E-state index is 0.00811. The van der Waals surface area contributed by atoms with Crippen molar-refractivity contribution < 1.29 is 29.0 Å². The van der Waals surface area contributed by atoms with Crippen molar-refractivity contribution in [3.8, 4) is 0 Å². The summed E-state index contributed by atoms with van der Waals surface area (Å²) in [5.41, 5.74) is 3.47. The number of likely N-dealkylation sites (tertiary alicyclic amines) is 1. The number of aromatic nitrogens is 2. The number of benzene rings is 4. The van der Waals surface area contributed by atoms with E-state index in [4.69, 9.17) is 4.74 Å². The van der Waals surface area contributed by atoms with Gasteiger partial charge in [-0.2, -0.15) is 0 Å². The molecule has 2 unspecified atom stereocenters. The van der Waals surface area contributed by atoms with Crippen molar-refractivity contribution in [3.05, 3.63) is 138 Å². The molecule has 5 N–H and O–H groups in total. The zero-order valence-corrected chi connectivity index (χ0v) is 33.2. The van der Waals surface area contributed by atoms with Crippen LogP contribution >= 0.6 is 0 Å². The van der Waals surface area contributed by atoms with Crippen molar-refractivity contribution in [3.63, 3.8) is 0 Å². The molecule has 4 atom stereocenters. The molecule has 1 saturated heterocycles. The van der Waals surface area contributed by atoms with Crippen molar-refractivity contribution in [2.75, 3.05) is 13.1 Å². The molecule has 58 heavy (non-hydrogen) atoms. The van der Waals surface area contributed by atoms with E-state index in [1.807, 2.05) is 105 Å². The van der Waals surface area contributed by atoms with Crippen LogP contribution in [0.5, 0.6) is 0 Å². The zero-order chi connectivity index (χ0) is 40.9. The number of imidazole rings is 1. The molecule has 4 amide bonds. The highest BCUT2D eigenvalue weighted by Gasteiger charge is 2.33. The van der Waals surface area contributed by atoms with Gasteiger partial charge in [0.25, 0.3) is 0 Å². The molecule has 1 fully saturated rings. The summed E-state index contributed by atoms with van der Waals surface area (Å²) in [7, 11) is 0. The number of nitrogens with zero attached hydrogens (tertiary/aromatic N) is 2. The van der Waals surface area contributed by atoms with E-state index < -0.39 is 42.1 Å². The number of carbonyl (C=O) groups is 4. The second-order valence-electron chi connectivity index (χ2n) is 15.5. The first-order valence-corrected chi connectivity index (χ1v) is 20.2. The Hall–Kier alpha value is -6.01. The predicted molar refractivity (Wildman–Crippen MR) is 222 cm³/mol. The van der Waals surface area contributed by atoms with Gasteiger partial charge in [0.1, 0.15) is 18.7 Å². The molecule has 1 aliphatic heterocycles. The van der Waals surface area contributed by atoms with Gasteiger partial charge in [0.15, 0.2) is 0 Å². The summed E-state index contributed by atoms with van der Waals surface area (Å²) in [5, 5.41) is 22.0. The number of H-pyrrole nitrogens is 1. The number of fused-ring (bicyclic) bond motifs is 1. The normalized spacial score (nSPS) is 15.3. The monoisotopic (exact) mass is 786 g/mol. The summed E-state index contributed by atoms with van der Waals surface area (Å²) in [4.78, 5) is 64.1. The van der Waals surface area contributed by atoms with Crippen molar-refractivity contribution in [1.82, 2.24) is 30.8 Å². The largest absolute Gasteiger partial charge is 0.445 e. The lowest BCUT2D eigenvalue weighted by molar-refractivity contribution is -0.136. The SMILES string of the molecule is CC(C)CC(NC(=O)[C@@H](Cc1cnc[nH]1)NC(=O)[C@H](Cc1cccc2ccccc12)NC(=O)OCc1ccccc1)C(O)CC(=O)N1CCC(c2ccccc2)CC1. The van der Waals surface area contributed by atoms with Crippen LogP contribution in [0.15, 0.2) is 116 Å². The van der Waals surface area contributed by atoms with E-state index in [0.717, 1.165) is 34.7 Å². The maximum Gasteiger partial charge on any atom is 0.408 e. The topological polar surface area (TPSA) is 166 Å². The van der Waals surface area contributed by atoms with Crippen LogP contribution in [-0.2, 0) is 38.6 Å². The van der Waals surface area contributed by atoms with Gasteiger partial charge in [0, 0.05) is 37.8 Å². The quantitative estimate of drug-likeness (QED) is 0.0793. The molecule has 6 rings (SSSR count). The Morgan fingerprint density at radius 3 is 2.17 bits per heavy atom. The summed E-state index contributed by atoms with van der Waals surface area (Å²) >= 11 is 0. The third-order valence-electron chi connectivity index (χ3n) is 10.8. The number of carbonyl (C=O) groups excluding carboxylic acids is 4. The van der Waals surface area contributed by atoms with Crippen molar-refractivity contribution in [2.24, 2.45) is 5.92 Å². The van der Waals surface area contributed by atoms with E-state index >= 15 is 0 Å². The fraction of sp³-hybridized carbons (Fsp3) is 0.370. The molecular weight excluding hydrogens is 733 g/mol. The summed E-state index contributed by atoms with van der Waals surface area (Å²) in [6.45, 7) is 5.16. The average molecular weight is 787 g/mol. The van der Waals surface area contributed by atoms with Crippen LogP contribution in [0, 0.1) is 5.92 Å². The first-order chi connectivity index (χ1) is 28.1. The van der Waals surface area contributed by atoms with E-state index in [2.05, 4.69) is 38.1 Å². The van der Waals surface area contributed by atoms with Crippen LogP contribution in [0.3, 0.4) is 0 Å². The van der Waals surface area contributed by atoms with Crippen LogP contribution < -0.4 is 16.0 Å². The number of nitrogens with one attached hydrogen (secondary N) is 4. The summed E-state index contributed by atoms with van der Waals surface area (Å²) in [5.74, 6) is -0.843. The Kier molecular flexibility index (Phi) is 14.7. The van der Waals surface area contributed by atoms with Crippen LogP contribution in [0.2, 0.25) is 0 Å². The third-order valence-corrected chi connectivity index (χ3v) is 10.8. The Morgan fingerprint density at radius 2 is 1.47 bits per heavy atom. The van der Waals surface area contributed by atoms with Crippen LogP contribution in [0.25, 0.3) is 10.8 Å². The van der Waals surface area contributed by atoms with Crippen molar-refractivity contribution in [2.45, 2.75) is 89.1 Å². The minimum atomic E-state index is -1.16. The number of ether oxygens (including phenoxy) is 1. The molecular formula is C46H54N6O6. The standard InChI is InChI=1S/C46H54N6O6/c1-31(2)24-39(42(53)27-43(54)52-22-20-34(21-23-52)33-14-7-4-8-15-33)49-45(56)41(26-37-28-47-30-48-37)50-44(55)40(51-46(57)58-29-32-12-5-3-6-13-32)25-36-18-11-17-35-16-9-10-19-38(35)36/h3-19,28,30-31,34,39-42,53H,20-27,29H2,1-2H3,(H,47,48)(H,49,56)(H,50,55)(H,51,57)/t39?,40-,41+,42?/m0/s1. The second kappa shape index (κ2) is 20.4. The van der Waals surface area contributed by atoms with Crippen molar-refractivity contribution >= 4 is 34.6 Å². The molecule has 0 radical (unpaired) electrons. The molecule has 304 valence electrons. The fourth-order valence-electron chi connectivity index (χ4n) is 7.65. The molecule has 4 aromatic carbocycles. The summed E-state index contributed by atoms with van der Waals surface area (Å²) in [6.07, 6.45) is 3.22. The fourth-order valence-corrected chi connectivity index (χ4v) is 7.65.